The molecular formula is C26H27N3OS2. The number of rotatable bonds is 8. The van der Waals surface area contributed by atoms with Crippen molar-refractivity contribution in [1.82, 2.24) is 15.1 Å². The van der Waals surface area contributed by atoms with Gasteiger partial charge in [0.25, 0.3) is 0 Å². The summed E-state index contributed by atoms with van der Waals surface area (Å²) >= 11 is 3.27. The molecule has 1 aliphatic rings. The fourth-order valence-electron chi connectivity index (χ4n) is 3.76. The predicted octanol–water partition coefficient (Wildman–Crippen LogP) is 6.80. The summed E-state index contributed by atoms with van der Waals surface area (Å²) in [5.41, 5.74) is 3.21. The van der Waals surface area contributed by atoms with E-state index in [2.05, 4.69) is 41.2 Å². The van der Waals surface area contributed by atoms with E-state index >= 15 is 0 Å². The SMILES string of the molecule is CCN(/C=C1\CCC(/C=C/C(=O)c2ccc3ccccc3c2)=C1Sc1nnc(C)s1)CC. The lowest BCUT2D eigenvalue weighted by Gasteiger charge is -2.17. The summed E-state index contributed by atoms with van der Waals surface area (Å²) in [6.07, 6.45) is 7.87. The summed E-state index contributed by atoms with van der Waals surface area (Å²) in [4.78, 5) is 16.4. The van der Waals surface area contributed by atoms with E-state index in [4.69, 9.17) is 0 Å². The van der Waals surface area contributed by atoms with Crippen LogP contribution in [0.25, 0.3) is 10.8 Å². The number of hydrogen-bond acceptors (Lipinski definition) is 6. The molecule has 0 bridgehead atoms. The quantitative estimate of drug-likeness (QED) is 0.272. The molecule has 0 amide bonds. The van der Waals surface area contributed by atoms with Crippen LogP contribution < -0.4 is 0 Å². The minimum atomic E-state index is 0.0283. The van der Waals surface area contributed by atoms with Gasteiger partial charge in [-0.25, -0.2) is 0 Å². The van der Waals surface area contributed by atoms with E-state index in [1.165, 1.54) is 16.1 Å². The largest absolute Gasteiger partial charge is 0.378 e. The zero-order chi connectivity index (χ0) is 22.5. The first-order valence-electron chi connectivity index (χ1n) is 10.9. The van der Waals surface area contributed by atoms with Gasteiger partial charge in [0.2, 0.25) is 0 Å². The molecule has 1 aromatic heterocycles. The number of benzene rings is 2. The number of ketones is 1. The minimum absolute atomic E-state index is 0.0283. The summed E-state index contributed by atoms with van der Waals surface area (Å²) in [6, 6.07) is 14.0. The maximum absolute atomic E-state index is 12.9. The summed E-state index contributed by atoms with van der Waals surface area (Å²) in [7, 11) is 0. The molecule has 0 N–H and O–H groups in total. The van der Waals surface area contributed by atoms with Gasteiger partial charge in [0.1, 0.15) is 5.01 Å². The Morgan fingerprint density at radius 1 is 1.09 bits per heavy atom. The average molecular weight is 462 g/mol. The monoisotopic (exact) mass is 461 g/mol. The minimum Gasteiger partial charge on any atom is -0.378 e. The molecule has 2 aromatic carbocycles. The summed E-state index contributed by atoms with van der Waals surface area (Å²) in [6.45, 7) is 8.26. The number of thioether (sulfide) groups is 1. The van der Waals surface area contributed by atoms with E-state index in [0.29, 0.717) is 5.56 Å². The maximum Gasteiger partial charge on any atom is 0.185 e. The van der Waals surface area contributed by atoms with Gasteiger partial charge >= 0.3 is 0 Å². The number of hydrogen-bond donors (Lipinski definition) is 0. The van der Waals surface area contributed by atoms with Crippen LogP contribution in [0, 0.1) is 6.92 Å². The van der Waals surface area contributed by atoms with E-state index in [9.17, 15) is 4.79 Å². The van der Waals surface area contributed by atoms with Crippen molar-refractivity contribution in [2.24, 2.45) is 0 Å². The number of carbonyl (C=O) groups is 1. The molecule has 0 radical (unpaired) electrons. The first-order chi connectivity index (χ1) is 15.6. The summed E-state index contributed by atoms with van der Waals surface area (Å²) in [5, 5.41) is 11.7. The van der Waals surface area contributed by atoms with Gasteiger partial charge < -0.3 is 4.90 Å². The molecule has 0 unspecified atom stereocenters. The second kappa shape index (κ2) is 10.3. The van der Waals surface area contributed by atoms with Crippen LogP contribution in [0.3, 0.4) is 0 Å². The fraction of sp³-hybridized carbons (Fsp3) is 0.269. The highest BCUT2D eigenvalue weighted by atomic mass is 32.2. The number of nitrogens with zero attached hydrogens (tertiary/aromatic N) is 3. The van der Waals surface area contributed by atoms with Gasteiger partial charge in [-0.15, -0.1) is 10.2 Å². The van der Waals surface area contributed by atoms with Gasteiger partial charge in [0.05, 0.1) is 0 Å². The van der Waals surface area contributed by atoms with Crippen molar-refractivity contribution in [2.45, 2.75) is 38.0 Å². The Hall–Kier alpha value is -2.70. The van der Waals surface area contributed by atoms with Gasteiger partial charge in [-0.1, -0.05) is 65.6 Å². The second-order valence-electron chi connectivity index (χ2n) is 7.68. The van der Waals surface area contributed by atoms with Crippen LogP contribution >= 0.6 is 23.1 Å². The van der Waals surface area contributed by atoms with Gasteiger partial charge in [-0.05, 0) is 67.7 Å². The van der Waals surface area contributed by atoms with Crippen LogP contribution in [-0.4, -0.2) is 34.0 Å². The molecule has 0 saturated carbocycles. The molecule has 32 heavy (non-hydrogen) atoms. The van der Waals surface area contributed by atoms with Crippen molar-refractivity contribution in [3.63, 3.8) is 0 Å². The zero-order valence-corrected chi connectivity index (χ0v) is 20.3. The Bertz CT molecular complexity index is 1220. The topological polar surface area (TPSA) is 46.1 Å². The third-order valence-electron chi connectivity index (χ3n) is 5.56. The Morgan fingerprint density at radius 2 is 1.88 bits per heavy atom. The molecule has 6 heteroatoms. The van der Waals surface area contributed by atoms with Crippen molar-refractivity contribution in [3.8, 4) is 0 Å². The molecular weight excluding hydrogens is 434 g/mol. The van der Waals surface area contributed by atoms with E-state index in [1.54, 1.807) is 29.2 Å². The Labute approximate surface area is 197 Å². The van der Waals surface area contributed by atoms with Gasteiger partial charge in [0.15, 0.2) is 10.1 Å². The molecule has 0 saturated heterocycles. The lowest BCUT2D eigenvalue weighted by molar-refractivity contribution is 0.104. The third-order valence-corrected chi connectivity index (χ3v) is 7.68. The first kappa shape index (κ1) is 22.5. The van der Waals surface area contributed by atoms with Crippen LogP contribution in [-0.2, 0) is 0 Å². The standard InChI is InChI=1S/C26H27N3OS2/c1-4-29(5-2)17-23-13-11-20(25(23)32-26-28-27-18(3)31-26)14-15-24(30)22-12-10-19-8-6-7-9-21(19)16-22/h6-10,12,14-17H,4-5,11,13H2,1-3H3/b15-14+,23-17+. The lowest BCUT2D eigenvalue weighted by Crippen LogP contribution is -2.16. The molecule has 4 rings (SSSR count). The highest BCUT2D eigenvalue weighted by Gasteiger charge is 2.22. The molecule has 3 aromatic rings. The van der Waals surface area contributed by atoms with Crippen molar-refractivity contribution < 1.29 is 4.79 Å². The molecule has 0 fully saturated rings. The smallest absolute Gasteiger partial charge is 0.185 e. The van der Waals surface area contributed by atoms with E-state index in [0.717, 1.165) is 46.1 Å². The van der Waals surface area contributed by atoms with Crippen molar-refractivity contribution in [1.29, 1.82) is 0 Å². The highest BCUT2D eigenvalue weighted by Crippen LogP contribution is 2.43. The third kappa shape index (κ3) is 5.19. The molecule has 4 nitrogen and oxygen atoms in total. The number of carbonyl (C=O) groups excluding carboxylic acids is 1. The van der Waals surface area contributed by atoms with Crippen LogP contribution in [0.4, 0.5) is 0 Å². The number of allylic oxidation sites excluding steroid dienone is 4. The van der Waals surface area contributed by atoms with E-state index in [-0.39, 0.29) is 5.78 Å². The molecule has 0 aliphatic heterocycles. The Balaban J connectivity index is 1.63. The Kier molecular flexibility index (Phi) is 7.22. The highest BCUT2D eigenvalue weighted by molar-refractivity contribution is 8.04. The molecule has 0 spiro atoms. The van der Waals surface area contributed by atoms with Crippen molar-refractivity contribution in [3.05, 3.63) is 87.4 Å². The molecule has 0 atom stereocenters. The maximum atomic E-state index is 12.9. The van der Waals surface area contributed by atoms with E-state index < -0.39 is 0 Å². The summed E-state index contributed by atoms with van der Waals surface area (Å²) < 4.78 is 0.941. The van der Waals surface area contributed by atoms with Gasteiger partial charge in [-0.2, -0.15) is 0 Å². The average Bonchev–Trinajstić information content (AvgIpc) is 3.41. The van der Waals surface area contributed by atoms with Crippen molar-refractivity contribution in [2.75, 3.05) is 13.1 Å². The fourth-order valence-corrected chi connectivity index (χ4v) is 5.80. The van der Waals surface area contributed by atoms with Crippen molar-refractivity contribution >= 4 is 39.7 Å². The second-order valence-corrected chi connectivity index (χ2v) is 10.1. The van der Waals surface area contributed by atoms with Gasteiger partial charge in [0, 0.05) is 29.8 Å². The Morgan fingerprint density at radius 3 is 2.59 bits per heavy atom. The first-order valence-corrected chi connectivity index (χ1v) is 12.6. The van der Waals surface area contributed by atoms with Crippen LogP contribution in [0.1, 0.15) is 42.1 Å². The van der Waals surface area contributed by atoms with Gasteiger partial charge in [-0.3, -0.25) is 4.79 Å². The molecule has 164 valence electrons. The summed E-state index contributed by atoms with van der Waals surface area (Å²) in [5.74, 6) is 0.0283. The van der Waals surface area contributed by atoms with Crippen LogP contribution in [0.5, 0.6) is 0 Å². The zero-order valence-electron chi connectivity index (χ0n) is 18.7. The molecule has 1 aliphatic carbocycles. The van der Waals surface area contributed by atoms with E-state index in [1.807, 2.05) is 49.4 Å². The lowest BCUT2D eigenvalue weighted by atomic mass is 10.0. The van der Waals surface area contributed by atoms with Crippen LogP contribution in [0.15, 0.2) is 81.2 Å². The van der Waals surface area contributed by atoms with Crippen LogP contribution in [0.2, 0.25) is 0 Å². The normalized spacial score (nSPS) is 15.4. The molecule has 1 heterocycles. The number of aryl methyl sites for hydroxylation is 1. The number of fused-ring (bicyclic) bond motifs is 1. The predicted molar refractivity (Wildman–Crippen MR) is 135 cm³/mol. The number of aromatic nitrogens is 2.